The highest BCUT2D eigenvalue weighted by atomic mass is 35.5. The van der Waals surface area contributed by atoms with Crippen LogP contribution in [0.15, 0.2) is 30.0 Å². The third kappa shape index (κ3) is 4.19. The number of carbonyl (C=O) groups is 2. The summed E-state index contributed by atoms with van der Waals surface area (Å²) in [6, 6.07) is 7.19. The molecule has 0 radical (unpaired) electrons. The molecule has 3 unspecified atom stereocenters. The summed E-state index contributed by atoms with van der Waals surface area (Å²) in [7, 11) is 0. The van der Waals surface area contributed by atoms with Crippen molar-refractivity contribution >= 4 is 29.5 Å². The number of morpholine rings is 1. The van der Waals surface area contributed by atoms with Crippen LogP contribution in [0, 0.1) is 11.8 Å². The third-order valence-corrected chi connectivity index (χ3v) is 6.47. The molecule has 3 aliphatic rings. The number of rotatable bonds is 2. The molecule has 1 N–H and O–H groups in total. The lowest BCUT2D eigenvalue weighted by Crippen LogP contribution is -2.55. The van der Waals surface area contributed by atoms with Crippen molar-refractivity contribution < 1.29 is 14.3 Å². The standard InChI is InChI=1S/C22H27ClN2O3/c1-14-8-10-25(11-9-14)22(27)16-4-7-19-18(13-16)24-21(26)20(28-19)12-15-2-5-17(23)6-3-15/h2-3,5-6,12,14,16,18-19H,4,7-11,13H2,1H3,(H,24,26)/b20-12-. The van der Waals surface area contributed by atoms with Crippen LogP contribution in [0.2, 0.25) is 5.02 Å². The van der Waals surface area contributed by atoms with Crippen molar-refractivity contribution in [3.63, 3.8) is 0 Å². The van der Waals surface area contributed by atoms with Crippen LogP contribution >= 0.6 is 11.6 Å². The number of nitrogens with one attached hydrogen (secondary N) is 1. The van der Waals surface area contributed by atoms with E-state index >= 15 is 0 Å². The minimum atomic E-state index is -0.212. The molecular weight excluding hydrogens is 376 g/mol. The fourth-order valence-electron chi connectivity index (χ4n) is 4.41. The predicted molar refractivity (Wildman–Crippen MR) is 109 cm³/mol. The molecule has 2 heterocycles. The van der Waals surface area contributed by atoms with Crippen molar-refractivity contribution in [2.75, 3.05) is 13.1 Å². The first-order valence-corrected chi connectivity index (χ1v) is 10.6. The zero-order valence-electron chi connectivity index (χ0n) is 16.2. The topological polar surface area (TPSA) is 58.6 Å². The van der Waals surface area contributed by atoms with Crippen LogP contribution in [-0.2, 0) is 14.3 Å². The first-order valence-electron chi connectivity index (χ1n) is 10.2. The van der Waals surface area contributed by atoms with E-state index in [1.165, 1.54) is 0 Å². The third-order valence-electron chi connectivity index (χ3n) is 6.22. The minimum Gasteiger partial charge on any atom is -0.483 e. The predicted octanol–water partition coefficient (Wildman–Crippen LogP) is 3.62. The number of amides is 2. The number of carbonyl (C=O) groups excluding carboxylic acids is 2. The zero-order valence-corrected chi connectivity index (χ0v) is 17.0. The first kappa shape index (κ1) is 19.3. The zero-order chi connectivity index (χ0) is 19.7. The lowest BCUT2D eigenvalue weighted by Gasteiger charge is -2.41. The summed E-state index contributed by atoms with van der Waals surface area (Å²) in [4.78, 5) is 27.4. The van der Waals surface area contributed by atoms with Gasteiger partial charge in [-0.05, 0) is 61.8 Å². The first-order chi connectivity index (χ1) is 13.5. The number of ether oxygens (including phenoxy) is 1. The van der Waals surface area contributed by atoms with Gasteiger partial charge in [-0.2, -0.15) is 0 Å². The SMILES string of the molecule is CC1CCN(C(=O)C2CCC3O/C(=C\c4ccc(Cl)cc4)C(=O)NC3C2)CC1. The van der Waals surface area contributed by atoms with Crippen molar-refractivity contribution in [3.05, 3.63) is 40.6 Å². The molecule has 0 bridgehead atoms. The second-order valence-corrected chi connectivity index (χ2v) is 8.75. The maximum Gasteiger partial charge on any atom is 0.286 e. The highest BCUT2D eigenvalue weighted by molar-refractivity contribution is 6.30. The Balaban J connectivity index is 1.38. The Bertz CT molecular complexity index is 768. The van der Waals surface area contributed by atoms with Gasteiger partial charge in [0.05, 0.1) is 6.04 Å². The van der Waals surface area contributed by atoms with Crippen LogP contribution < -0.4 is 5.32 Å². The highest BCUT2D eigenvalue weighted by Crippen LogP contribution is 2.33. The van der Waals surface area contributed by atoms with Gasteiger partial charge in [-0.3, -0.25) is 9.59 Å². The van der Waals surface area contributed by atoms with Crippen LogP contribution in [0.3, 0.4) is 0 Å². The van der Waals surface area contributed by atoms with Crippen molar-refractivity contribution in [1.29, 1.82) is 0 Å². The maximum atomic E-state index is 12.9. The Kier molecular flexibility index (Phi) is 5.63. The number of likely N-dealkylation sites (tertiary alicyclic amines) is 1. The Morgan fingerprint density at radius 3 is 2.61 bits per heavy atom. The van der Waals surface area contributed by atoms with Crippen LogP contribution in [0.4, 0.5) is 0 Å². The molecule has 1 aliphatic carbocycles. The van der Waals surface area contributed by atoms with Gasteiger partial charge in [0.2, 0.25) is 5.91 Å². The molecular formula is C22H27ClN2O3. The van der Waals surface area contributed by atoms with Crippen molar-refractivity contribution in [2.45, 2.75) is 51.2 Å². The summed E-state index contributed by atoms with van der Waals surface area (Å²) >= 11 is 5.91. The molecule has 0 aromatic heterocycles. The molecule has 2 amide bonds. The fraction of sp³-hybridized carbons (Fsp3) is 0.545. The van der Waals surface area contributed by atoms with E-state index in [4.69, 9.17) is 16.3 Å². The van der Waals surface area contributed by atoms with Gasteiger partial charge >= 0.3 is 0 Å². The molecule has 3 atom stereocenters. The lowest BCUT2D eigenvalue weighted by atomic mass is 9.81. The second kappa shape index (κ2) is 8.16. The number of halogens is 1. The molecule has 0 spiro atoms. The van der Waals surface area contributed by atoms with Gasteiger partial charge in [-0.15, -0.1) is 0 Å². The largest absolute Gasteiger partial charge is 0.483 e. The molecule has 1 aromatic carbocycles. The second-order valence-electron chi connectivity index (χ2n) is 8.31. The van der Waals surface area contributed by atoms with E-state index in [1.54, 1.807) is 18.2 Å². The Labute approximate surface area is 171 Å². The summed E-state index contributed by atoms with van der Waals surface area (Å²) < 4.78 is 6.02. The number of piperidine rings is 1. The van der Waals surface area contributed by atoms with Crippen LogP contribution in [-0.4, -0.2) is 41.9 Å². The van der Waals surface area contributed by atoms with E-state index in [-0.39, 0.29) is 29.9 Å². The van der Waals surface area contributed by atoms with E-state index in [9.17, 15) is 9.59 Å². The molecule has 3 fully saturated rings. The molecule has 6 heteroatoms. The molecule has 2 aliphatic heterocycles. The summed E-state index contributed by atoms with van der Waals surface area (Å²) in [6.45, 7) is 3.97. The van der Waals surface area contributed by atoms with E-state index < -0.39 is 0 Å². The van der Waals surface area contributed by atoms with E-state index in [0.717, 1.165) is 44.3 Å². The molecule has 5 nitrogen and oxygen atoms in total. The highest BCUT2D eigenvalue weighted by Gasteiger charge is 2.41. The molecule has 1 saturated carbocycles. The monoisotopic (exact) mass is 402 g/mol. The van der Waals surface area contributed by atoms with Crippen molar-refractivity contribution in [2.24, 2.45) is 11.8 Å². The van der Waals surface area contributed by atoms with E-state index in [2.05, 4.69) is 12.2 Å². The minimum absolute atomic E-state index is 0.0136. The fourth-order valence-corrected chi connectivity index (χ4v) is 4.54. The van der Waals surface area contributed by atoms with Gasteiger partial charge in [0.25, 0.3) is 5.91 Å². The smallest absolute Gasteiger partial charge is 0.286 e. The van der Waals surface area contributed by atoms with Crippen LogP contribution in [0.1, 0.15) is 44.6 Å². The summed E-state index contributed by atoms with van der Waals surface area (Å²) in [5, 5.41) is 3.72. The normalized spacial score (nSPS) is 29.8. The molecule has 1 aromatic rings. The number of fused-ring (bicyclic) bond motifs is 1. The average molecular weight is 403 g/mol. The van der Waals surface area contributed by atoms with Crippen LogP contribution in [0.5, 0.6) is 0 Å². The van der Waals surface area contributed by atoms with Gasteiger partial charge < -0.3 is 15.0 Å². The van der Waals surface area contributed by atoms with Crippen LogP contribution in [0.25, 0.3) is 6.08 Å². The van der Waals surface area contributed by atoms with Crippen molar-refractivity contribution in [1.82, 2.24) is 10.2 Å². The number of hydrogen-bond acceptors (Lipinski definition) is 3. The Morgan fingerprint density at radius 2 is 1.89 bits per heavy atom. The van der Waals surface area contributed by atoms with Gasteiger partial charge in [-0.1, -0.05) is 30.7 Å². The number of nitrogens with zero attached hydrogens (tertiary/aromatic N) is 1. The Hall–Kier alpha value is -2.01. The quantitative estimate of drug-likeness (QED) is 0.768. The van der Waals surface area contributed by atoms with E-state index in [1.807, 2.05) is 17.0 Å². The molecule has 2 saturated heterocycles. The van der Waals surface area contributed by atoms with Gasteiger partial charge in [0.1, 0.15) is 6.10 Å². The Morgan fingerprint density at radius 1 is 1.18 bits per heavy atom. The summed E-state index contributed by atoms with van der Waals surface area (Å²) in [5.41, 5.74) is 0.871. The average Bonchev–Trinajstić information content (AvgIpc) is 2.70. The van der Waals surface area contributed by atoms with Gasteiger partial charge in [-0.25, -0.2) is 0 Å². The lowest BCUT2D eigenvalue weighted by molar-refractivity contribution is -0.142. The summed E-state index contributed by atoms with van der Waals surface area (Å²) in [6.07, 6.45) is 6.11. The molecule has 4 rings (SSSR count). The van der Waals surface area contributed by atoms with Gasteiger partial charge in [0, 0.05) is 24.0 Å². The maximum absolute atomic E-state index is 12.9. The molecule has 28 heavy (non-hydrogen) atoms. The van der Waals surface area contributed by atoms with Gasteiger partial charge in [0.15, 0.2) is 5.76 Å². The molecule has 150 valence electrons. The number of hydrogen-bond donors (Lipinski definition) is 1. The number of benzene rings is 1. The summed E-state index contributed by atoms with van der Waals surface area (Å²) in [5.74, 6) is 1.06. The van der Waals surface area contributed by atoms with Crippen molar-refractivity contribution in [3.8, 4) is 0 Å². The van der Waals surface area contributed by atoms with E-state index in [0.29, 0.717) is 23.1 Å².